The van der Waals surface area contributed by atoms with Gasteiger partial charge >= 0.3 is 0 Å². The van der Waals surface area contributed by atoms with E-state index in [-0.39, 0.29) is 17.6 Å². The molecule has 2 aromatic rings. The number of nitrogens with zero attached hydrogens (tertiary/aromatic N) is 1. The Morgan fingerprint density at radius 2 is 1.86 bits per heavy atom. The van der Waals surface area contributed by atoms with E-state index in [0.717, 1.165) is 11.3 Å². The van der Waals surface area contributed by atoms with E-state index in [2.05, 4.69) is 0 Å². The van der Waals surface area contributed by atoms with Crippen molar-refractivity contribution in [2.45, 2.75) is 18.8 Å². The molecule has 0 N–H and O–H groups in total. The molecule has 0 bridgehead atoms. The van der Waals surface area contributed by atoms with Crippen LogP contribution in [0, 0.1) is 0 Å². The predicted molar refractivity (Wildman–Crippen MR) is 80.6 cm³/mol. The highest BCUT2D eigenvalue weighted by Gasteiger charge is 2.38. The Labute approximate surface area is 123 Å². The summed E-state index contributed by atoms with van der Waals surface area (Å²) in [6, 6.07) is 15.3. The summed E-state index contributed by atoms with van der Waals surface area (Å²) < 4.78 is 0. The SMILES string of the molecule is O=C1Cc2cccc3c2[C@@H](C1)CN3C(=O)c1ccccc1. The fourth-order valence-corrected chi connectivity index (χ4v) is 3.53. The van der Waals surface area contributed by atoms with Gasteiger partial charge < -0.3 is 4.90 Å². The summed E-state index contributed by atoms with van der Waals surface area (Å²) in [5.74, 6) is 0.467. The number of carbonyl (C=O) groups is 2. The van der Waals surface area contributed by atoms with Crippen LogP contribution in [0.3, 0.4) is 0 Å². The fourth-order valence-electron chi connectivity index (χ4n) is 3.53. The zero-order valence-corrected chi connectivity index (χ0v) is 11.6. The molecule has 2 aliphatic rings. The number of hydrogen-bond donors (Lipinski definition) is 0. The van der Waals surface area contributed by atoms with Crippen molar-refractivity contribution >= 4 is 17.4 Å². The molecule has 0 aromatic heterocycles. The average Bonchev–Trinajstić information content (AvgIpc) is 2.87. The maximum atomic E-state index is 12.7. The van der Waals surface area contributed by atoms with Crippen molar-refractivity contribution in [3.63, 3.8) is 0 Å². The van der Waals surface area contributed by atoms with E-state index in [1.165, 1.54) is 5.56 Å². The Balaban J connectivity index is 1.77. The lowest BCUT2D eigenvalue weighted by molar-refractivity contribution is -0.119. The number of Topliss-reactive ketones (excluding diaryl/α,β-unsaturated/α-hetero) is 1. The molecule has 0 spiro atoms. The molecule has 3 nitrogen and oxygen atoms in total. The van der Waals surface area contributed by atoms with Crippen molar-refractivity contribution in [3.8, 4) is 0 Å². The zero-order valence-electron chi connectivity index (χ0n) is 11.6. The van der Waals surface area contributed by atoms with Crippen LogP contribution in [-0.2, 0) is 11.2 Å². The molecule has 0 saturated heterocycles. The molecule has 1 amide bonds. The van der Waals surface area contributed by atoms with Gasteiger partial charge in [-0.1, -0.05) is 30.3 Å². The molecule has 4 rings (SSSR count). The second-order valence-corrected chi connectivity index (χ2v) is 5.75. The zero-order chi connectivity index (χ0) is 14.4. The molecule has 1 atom stereocenters. The van der Waals surface area contributed by atoms with E-state index >= 15 is 0 Å². The van der Waals surface area contributed by atoms with E-state index in [1.54, 1.807) is 0 Å². The smallest absolute Gasteiger partial charge is 0.258 e. The molecule has 3 heteroatoms. The number of hydrogen-bond acceptors (Lipinski definition) is 2. The van der Waals surface area contributed by atoms with Crippen LogP contribution in [-0.4, -0.2) is 18.2 Å². The molecule has 1 heterocycles. The van der Waals surface area contributed by atoms with Crippen LogP contribution in [0.15, 0.2) is 48.5 Å². The Bertz CT molecular complexity index is 736. The number of rotatable bonds is 1. The molecule has 104 valence electrons. The number of amides is 1. The van der Waals surface area contributed by atoms with Crippen molar-refractivity contribution in [3.05, 3.63) is 65.2 Å². The molecular formula is C18H15NO2. The molecular weight excluding hydrogens is 262 g/mol. The van der Waals surface area contributed by atoms with Crippen LogP contribution in [0.25, 0.3) is 0 Å². The monoisotopic (exact) mass is 277 g/mol. The second-order valence-electron chi connectivity index (χ2n) is 5.75. The maximum Gasteiger partial charge on any atom is 0.258 e. The maximum absolute atomic E-state index is 12.7. The standard InChI is InChI=1S/C18H15NO2/c20-15-9-13-7-4-8-16-17(13)14(10-15)11-19(16)18(21)12-5-2-1-3-6-12/h1-8,14H,9-11H2/t14-/m0/s1. The van der Waals surface area contributed by atoms with Gasteiger partial charge in [0.25, 0.3) is 5.91 Å². The van der Waals surface area contributed by atoms with Gasteiger partial charge in [-0.05, 0) is 29.3 Å². The van der Waals surface area contributed by atoms with Gasteiger partial charge in [0.1, 0.15) is 5.78 Å². The van der Waals surface area contributed by atoms with E-state index in [0.29, 0.717) is 24.9 Å². The summed E-state index contributed by atoms with van der Waals surface area (Å²) in [5, 5.41) is 0. The molecule has 0 unspecified atom stereocenters. The van der Waals surface area contributed by atoms with Gasteiger partial charge in [-0.15, -0.1) is 0 Å². The predicted octanol–water partition coefficient (Wildman–Crippen LogP) is 2.95. The highest BCUT2D eigenvalue weighted by atomic mass is 16.2. The molecule has 0 fully saturated rings. The fraction of sp³-hybridized carbons (Fsp3) is 0.222. The molecule has 0 saturated carbocycles. The first-order valence-electron chi connectivity index (χ1n) is 7.24. The van der Waals surface area contributed by atoms with E-state index in [9.17, 15) is 9.59 Å². The van der Waals surface area contributed by atoms with Crippen molar-refractivity contribution in [1.29, 1.82) is 0 Å². The van der Waals surface area contributed by atoms with Gasteiger partial charge in [0, 0.05) is 36.6 Å². The van der Waals surface area contributed by atoms with Gasteiger partial charge in [-0.2, -0.15) is 0 Å². The lowest BCUT2D eigenvalue weighted by Gasteiger charge is -2.18. The highest BCUT2D eigenvalue weighted by Crippen LogP contribution is 2.43. The van der Waals surface area contributed by atoms with Crippen LogP contribution in [0.2, 0.25) is 0 Å². The van der Waals surface area contributed by atoms with Crippen LogP contribution >= 0.6 is 0 Å². The van der Waals surface area contributed by atoms with Crippen molar-refractivity contribution in [1.82, 2.24) is 0 Å². The van der Waals surface area contributed by atoms with Gasteiger partial charge in [0.15, 0.2) is 0 Å². The Kier molecular flexibility index (Phi) is 2.67. The largest absolute Gasteiger partial charge is 0.307 e. The molecule has 21 heavy (non-hydrogen) atoms. The summed E-state index contributed by atoms with van der Waals surface area (Å²) in [6.45, 7) is 0.617. The van der Waals surface area contributed by atoms with E-state index in [4.69, 9.17) is 0 Å². The normalized spacial score (nSPS) is 19.5. The summed E-state index contributed by atoms with van der Waals surface area (Å²) >= 11 is 0. The number of carbonyl (C=O) groups excluding carboxylic acids is 2. The van der Waals surface area contributed by atoms with Crippen LogP contribution in [0.4, 0.5) is 5.69 Å². The quantitative estimate of drug-likeness (QED) is 0.803. The second kappa shape index (κ2) is 4.55. The van der Waals surface area contributed by atoms with Gasteiger partial charge in [-0.3, -0.25) is 9.59 Å². The average molecular weight is 277 g/mol. The van der Waals surface area contributed by atoms with Crippen molar-refractivity contribution in [2.24, 2.45) is 0 Å². The van der Waals surface area contributed by atoms with Crippen molar-refractivity contribution < 1.29 is 9.59 Å². The van der Waals surface area contributed by atoms with Gasteiger partial charge in [-0.25, -0.2) is 0 Å². The minimum atomic E-state index is 0.0193. The topological polar surface area (TPSA) is 37.4 Å². The third kappa shape index (κ3) is 1.88. The van der Waals surface area contributed by atoms with E-state index < -0.39 is 0 Å². The molecule has 1 aliphatic carbocycles. The minimum Gasteiger partial charge on any atom is -0.307 e. The van der Waals surface area contributed by atoms with Crippen LogP contribution in [0.5, 0.6) is 0 Å². The highest BCUT2D eigenvalue weighted by molar-refractivity contribution is 6.08. The molecule has 0 radical (unpaired) electrons. The lowest BCUT2D eigenvalue weighted by atomic mass is 9.83. The Morgan fingerprint density at radius 3 is 2.67 bits per heavy atom. The Hall–Kier alpha value is -2.42. The molecule has 2 aromatic carbocycles. The Morgan fingerprint density at radius 1 is 1.05 bits per heavy atom. The minimum absolute atomic E-state index is 0.0193. The first kappa shape index (κ1) is 12.3. The summed E-state index contributed by atoms with van der Waals surface area (Å²) in [7, 11) is 0. The van der Waals surface area contributed by atoms with Crippen molar-refractivity contribution in [2.75, 3.05) is 11.4 Å². The number of ketones is 1. The third-order valence-corrected chi connectivity index (χ3v) is 4.40. The first-order valence-corrected chi connectivity index (χ1v) is 7.24. The van der Waals surface area contributed by atoms with Gasteiger partial charge in [0.05, 0.1) is 0 Å². The summed E-state index contributed by atoms with van der Waals surface area (Å²) in [6.07, 6.45) is 1.07. The molecule has 1 aliphatic heterocycles. The first-order chi connectivity index (χ1) is 10.2. The summed E-state index contributed by atoms with van der Waals surface area (Å²) in [5.41, 5.74) is 3.98. The van der Waals surface area contributed by atoms with Gasteiger partial charge in [0.2, 0.25) is 0 Å². The number of benzene rings is 2. The lowest BCUT2D eigenvalue weighted by Crippen LogP contribution is -2.30. The van der Waals surface area contributed by atoms with E-state index in [1.807, 2.05) is 53.4 Å². The summed E-state index contributed by atoms with van der Waals surface area (Å²) in [4.78, 5) is 26.4. The van der Waals surface area contributed by atoms with Crippen LogP contribution < -0.4 is 4.90 Å². The van der Waals surface area contributed by atoms with Crippen LogP contribution in [0.1, 0.15) is 33.8 Å². The number of anilines is 1. The third-order valence-electron chi connectivity index (χ3n) is 4.40.